The molecule has 1 unspecified atom stereocenters. The first-order chi connectivity index (χ1) is 10.0. The zero-order chi connectivity index (χ0) is 15.4. The van der Waals surface area contributed by atoms with E-state index in [2.05, 4.69) is 24.8 Å². The van der Waals surface area contributed by atoms with E-state index >= 15 is 0 Å². The van der Waals surface area contributed by atoms with E-state index in [0.29, 0.717) is 12.5 Å². The summed E-state index contributed by atoms with van der Waals surface area (Å²) in [4.78, 5) is 14.8. The fraction of sp³-hybridized carbons (Fsp3) is 0.611. The van der Waals surface area contributed by atoms with Crippen LogP contribution >= 0.6 is 0 Å². The van der Waals surface area contributed by atoms with Gasteiger partial charge < -0.3 is 5.11 Å². The molecule has 0 aromatic heterocycles. The molecule has 0 spiro atoms. The molecule has 0 amide bonds. The topological polar surface area (TPSA) is 40.5 Å². The molecule has 1 fully saturated rings. The van der Waals surface area contributed by atoms with Crippen LogP contribution in [0.5, 0.6) is 0 Å². The maximum atomic E-state index is 12.6. The van der Waals surface area contributed by atoms with Crippen molar-refractivity contribution in [1.29, 1.82) is 0 Å². The van der Waals surface area contributed by atoms with Gasteiger partial charge in [-0.3, -0.25) is 9.69 Å². The van der Waals surface area contributed by atoms with E-state index < -0.39 is 0 Å². The van der Waals surface area contributed by atoms with Gasteiger partial charge in [-0.05, 0) is 75.3 Å². The maximum absolute atomic E-state index is 12.6. The molecule has 116 valence electrons. The van der Waals surface area contributed by atoms with Gasteiger partial charge in [0, 0.05) is 18.7 Å². The van der Waals surface area contributed by atoms with Crippen LogP contribution in [0.1, 0.15) is 46.3 Å². The van der Waals surface area contributed by atoms with Crippen LogP contribution in [0.4, 0.5) is 0 Å². The molecule has 1 aliphatic heterocycles. The summed E-state index contributed by atoms with van der Waals surface area (Å²) in [6.45, 7) is 8.86. The third-order valence-electron chi connectivity index (χ3n) is 4.65. The molecule has 1 saturated heterocycles. The number of rotatable bonds is 5. The van der Waals surface area contributed by atoms with E-state index in [1.807, 2.05) is 13.0 Å². The number of hydrogen-bond donors (Lipinski definition) is 1. The Morgan fingerprint density at radius 3 is 2.67 bits per heavy atom. The van der Waals surface area contributed by atoms with Gasteiger partial charge in [0.2, 0.25) is 0 Å². The summed E-state index contributed by atoms with van der Waals surface area (Å²) in [5.41, 5.74) is 4.36. The van der Waals surface area contributed by atoms with Crippen molar-refractivity contribution in [1.82, 2.24) is 4.90 Å². The fourth-order valence-electron chi connectivity index (χ4n) is 3.26. The molecule has 0 bridgehead atoms. The Hall–Kier alpha value is -1.19. The Kier molecular flexibility index (Phi) is 5.54. The summed E-state index contributed by atoms with van der Waals surface area (Å²) in [5.74, 6) is 0.762. The molecule has 1 N–H and O–H groups in total. The van der Waals surface area contributed by atoms with Gasteiger partial charge in [0.15, 0.2) is 5.78 Å². The van der Waals surface area contributed by atoms with Gasteiger partial charge in [0.25, 0.3) is 0 Å². The lowest BCUT2D eigenvalue weighted by molar-refractivity contribution is 0.0871. The molecule has 2 rings (SSSR count). The molecule has 1 aromatic rings. The smallest absolute Gasteiger partial charge is 0.177 e. The number of ketones is 1. The summed E-state index contributed by atoms with van der Waals surface area (Å²) in [6.07, 6.45) is 3.16. The highest BCUT2D eigenvalue weighted by Crippen LogP contribution is 2.21. The first-order valence-electron chi connectivity index (χ1n) is 7.95. The standard InChI is InChI=1S/C18H27NO2/c1-13-9-15(3)17(10-14(13)2)18(21)12-19-7-4-5-16(11-19)6-8-20/h9-10,16,20H,4-8,11-12H2,1-3H3. The Morgan fingerprint density at radius 2 is 1.95 bits per heavy atom. The molecule has 1 heterocycles. The van der Waals surface area contributed by atoms with E-state index in [4.69, 9.17) is 5.11 Å². The zero-order valence-corrected chi connectivity index (χ0v) is 13.5. The monoisotopic (exact) mass is 289 g/mol. The minimum absolute atomic E-state index is 0.222. The van der Waals surface area contributed by atoms with Gasteiger partial charge in [-0.15, -0.1) is 0 Å². The summed E-state index contributed by atoms with van der Waals surface area (Å²) < 4.78 is 0. The van der Waals surface area contributed by atoms with Crippen molar-refractivity contribution in [3.05, 3.63) is 34.4 Å². The van der Waals surface area contributed by atoms with Crippen LogP contribution in [-0.4, -0.2) is 42.0 Å². The van der Waals surface area contributed by atoms with Crippen LogP contribution in [0.15, 0.2) is 12.1 Å². The number of aliphatic hydroxyl groups excluding tert-OH is 1. The zero-order valence-electron chi connectivity index (χ0n) is 13.5. The Balaban J connectivity index is 2.02. The van der Waals surface area contributed by atoms with Crippen molar-refractivity contribution in [2.24, 2.45) is 5.92 Å². The Labute approximate surface area is 128 Å². The summed E-state index contributed by atoms with van der Waals surface area (Å²) in [5, 5.41) is 9.07. The minimum atomic E-state index is 0.222. The largest absolute Gasteiger partial charge is 0.396 e. The first kappa shape index (κ1) is 16.2. The highest BCUT2D eigenvalue weighted by atomic mass is 16.3. The molecular weight excluding hydrogens is 262 g/mol. The average molecular weight is 289 g/mol. The molecule has 1 aliphatic rings. The van der Waals surface area contributed by atoms with Gasteiger partial charge in [-0.25, -0.2) is 0 Å². The molecule has 1 atom stereocenters. The van der Waals surface area contributed by atoms with Gasteiger partial charge in [-0.2, -0.15) is 0 Å². The van der Waals surface area contributed by atoms with Gasteiger partial charge >= 0.3 is 0 Å². The number of carbonyl (C=O) groups excluding carboxylic acids is 1. The number of benzene rings is 1. The number of nitrogens with zero attached hydrogens (tertiary/aromatic N) is 1. The highest BCUT2D eigenvalue weighted by molar-refractivity contribution is 5.99. The number of hydrogen-bond acceptors (Lipinski definition) is 3. The molecule has 0 aliphatic carbocycles. The number of likely N-dealkylation sites (tertiary alicyclic amines) is 1. The predicted octanol–water partition coefficient (Wildman–Crippen LogP) is 2.89. The van der Waals surface area contributed by atoms with Crippen LogP contribution in [0, 0.1) is 26.7 Å². The van der Waals surface area contributed by atoms with Gasteiger partial charge in [0.05, 0.1) is 6.54 Å². The molecule has 3 nitrogen and oxygen atoms in total. The molecule has 0 saturated carbocycles. The van der Waals surface area contributed by atoms with Crippen molar-refractivity contribution >= 4 is 5.78 Å². The predicted molar refractivity (Wildman–Crippen MR) is 85.9 cm³/mol. The Bertz CT molecular complexity index is 508. The Morgan fingerprint density at radius 1 is 1.24 bits per heavy atom. The number of Topliss-reactive ketones (excluding diaryl/α,β-unsaturated/α-hetero) is 1. The van der Waals surface area contributed by atoms with Crippen LogP contribution in [0.3, 0.4) is 0 Å². The number of aliphatic hydroxyl groups is 1. The lowest BCUT2D eigenvalue weighted by Crippen LogP contribution is -2.39. The molecule has 21 heavy (non-hydrogen) atoms. The van der Waals surface area contributed by atoms with Gasteiger partial charge in [-0.1, -0.05) is 6.07 Å². The molecule has 1 aromatic carbocycles. The second kappa shape index (κ2) is 7.19. The first-order valence-corrected chi connectivity index (χ1v) is 7.95. The third-order valence-corrected chi connectivity index (χ3v) is 4.65. The third kappa shape index (κ3) is 4.14. The molecular formula is C18H27NO2. The quantitative estimate of drug-likeness (QED) is 0.847. The van der Waals surface area contributed by atoms with Crippen molar-refractivity contribution in [2.45, 2.75) is 40.0 Å². The van der Waals surface area contributed by atoms with E-state index in [1.165, 1.54) is 17.5 Å². The van der Waals surface area contributed by atoms with E-state index in [0.717, 1.165) is 37.1 Å². The second-order valence-electron chi connectivity index (χ2n) is 6.43. The molecule has 0 radical (unpaired) electrons. The van der Waals surface area contributed by atoms with Crippen molar-refractivity contribution in [2.75, 3.05) is 26.2 Å². The minimum Gasteiger partial charge on any atom is -0.396 e. The van der Waals surface area contributed by atoms with Gasteiger partial charge in [0.1, 0.15) is 0 Å². The molecule has 3 heteroatoms. The number of aryl methyl sites for hydroxylation is 3. The van der Waals surface area contributed by atoms with Crippen molar-refractivity contribution in [3.63, 3.8) is 0 Å². The normalized spacial score (nSPS) is 19.7. The highest BCUT2D eigenvalue weighted by Gasteiger charge is 2.22. The SMILES string of the molecule is Cc1cc(C)c(C(=O)CN2CCCC(CCO)C2)cc1C. The summed E-state index contributed by atoms with van der Waals surface area (Å²) >= 11 is 0. The van der Waals surface area contributed by atoms with E-state index in [1.54, 1.807) is 0 Å². The number of piperidine rings is 1. The van der Waals surface area contributed by atoms with Crippen LogP contribution < -0.4 is 0 Å². The van der Waals surface area contributed by atoms with Crippen LogP contribution in [0.25, 0.3) is 0 Å². The summed E-state index contributed by atoms with van der Waals surface area (Å²) in [7, 11) is 0. The lowest BCUT2D eigenvalue weighted by atomic mass is 9.94. The van der Waals surface area contributed by atoms with Crippen LogP contribution in [0.2, 0.25) is 0 Å². The van der Waals surface area contributed by atoms with Crippen molar-refractivity contribution in [3.8, 4) is 0 Å². The van der Waals surface area contributed by atoms with E-state index in [-0.39, 0.29) is 12.4 Å². The maximum Gasteiger partial charge on any atom is 0.177 e. The second-order valence-corrected chi connectivity index (χ2v) is 6.43. The lowest BCUT2D eigenvalue weighted by Gasteiger charge is -2.32. The average Bonchev–Trinajstić information content (AvgIpc) is 2.43. The fourth-order valence-corrected chi connectivity index (χ4v) is 3.26. The van der Waals surface area contributed by atoms with E-state index in [9.17, 15) is 4.79 Å². The number of carbonyl (C=O) groups is 1. The van der Waals surface area contributed by atoms with Crippen molar-refractivity contribution < 1.29 is 9.90 Å². The summed E-state index contributed by atoms with van der Waals surface area (Å²) in [6, 6.07) is 4.13. The van der Waals surface area contributed by atoms with Crippen LogP contribution in [-0.2, 0) is 0 Å².